The Kier molecular flexibility index (Phi) is 8.67. The summed E-state index contributed by atoms with van der Waals surface area (Å²) in [5.41, 5.74) is -1.49. The van der Waals surface area contributed by atoms with Crippen LogP contribution >= 0.6 is 0 Å². The van der Waals surface area contributed by atoms with E-state index in [1.165, 1.54) is 6.08 Å². The second-order valence-electron chi connectivity index (χ2n) is 4.94. The van der Waals surface area contributed by atoms with Gasteiger partial charge < -0.3 is 14.6 Å². The zero-order chi connectivity index (χ0) is 17.2. The van der Waals surface area contributed by atoms with Crippen molar-refractivity contribution in [2.45, 2.75) is 44.5 Å². The summed E-state index contributed by atoms with van der Waals surface area (Å²) in [5, 5.41) is 10.5. The number of carbonyl (C=O) groups is 2. The van der Waals surface area contributed by atoms with Crippen LogP contribution in [0.1, 0.15) is 26.7 Å². The summed E-state index contributed by atoms with van der Waals surface area (Å²) >= 11 is 0. The Morgan fingerprint density at radius 2 is 1.59 bits per heavy atom. The van der Waals surface area contributed by atoms with Crippen molar-refractivity contribution < 1.29 is 29.0 Å². The third-order valence-electron chi connectivity index (χ3n) is 2.74. The van der Waals surface area contributed by atoms with Crippen molar-refractivity contribution in [2.24, 2.45) is 4.99 Å². The minimum atomic E-state index is -1.49. The van der Waals surface area contributed by atoms with Gasteiger partial charge in [-0.25, -0.2) is 19.4 Å². The van der Waals surface area contributed by atoms with Gasteiger partial charge >= 0.3 is 11.9 Å². The second-order valence-corrected chi connectivity index (χ2v) is 4.94. The first kappa shape index (κ1) is 19.8. The minimum absolute atomic E-state index is 0.00768. The van der Waals surface area contributed by atoms with Crippen LogP contribution in [0.25, 0.3) is 0 Å². The Morgan fingerprint density at radius 3 is 1.91 bits per heavy atom. The fraction of sp³-hybridized carbons (Fsp3) is 0.533. The maximum atomic E-state index is 11.1. The average Bonchev–Trinajstić information content (AvgIpc) is 2.44. The van der Waals surface area contributed by atoms with Crippen LogP contribution in [0.3, 0.4) is 0 Å². The highest BCUT2D eigenvalue weighted by atomic mass is 16.5. The Balaban J connectivity index is 4.85. The zero-order valence-electron chi connectivity index (χ0n) is 12.8. The maximum Gasteiger partial charge on any atom is 0.330 e. The van der Waals surface area contributed by atoms with Crippen molar-refractivity contribution in [1.29, 1.82) is 0 Å². The molecule has 0 aliphatic rings. The van der Waals surface area contributed by atoms with E-state index in [9.17, 15) is 19.5 Å². The summed E-state index contributed by atoms with van der Waals surface area (Å²) < 4.78 is 9.96. The molecular formula is C15H21NO6. The number of esters is 2. The lowest BCUT2D eigenvalue weighted by molar-refractivity contribution is -0.148. The second kappa shape index (κ2) is 9.65. The molecule has 0 aromatic rings. The molecule has 0 saturated carbocycles. The van der Waals surface area contributed by atoms with Gasteiger partial charge in [-0.3, -0.25) is 0 Å². The lowest BCUT2D eigenvalue weighted by Crippen LogP contribution is -2.40. The molecule has 0 radical (unpaired) electrons. The Bertz CT molecular complexity index is 437. The van der Waals surface area contributed by atoms with E-state index < -0.39 is 29.7 Å². The largest absolute Gasteiger partial charge is 0.459 e. The van der Waals surface area contributed by atoms with Crippen LogP contribution in [0.15, 0.2) is 30.3 Å². The molecule has 122 valence electrons. The van der Waals surface area contributed by atoms with Gasteiger partial charge in [-0.2, -0.15) is 0 Å². The Labute approximate surface area is 129 Å². The van der Waals surface area contributed by atoms with Crippen molar-refractivity contribution in [1.82, 2.24) is 0 Å². The summed E-state index contributed by atoms with van der Waals surface area (Å²) in [5.74, 6) is -1.25. The van der Waals surface area contributed by atoms with Crippen molar-refractivity contribution in [2.75, 3.05) is 6.54 Å². The third-order valence-corrected chi connectivity index (χ3v) is 2.74. The highest BCUT2D eigenvalue weighted by Crippen LogP contribution is 2.23. The highest BCUT2D eigenvalue weighted by Gasteiger charge is 2.33. The van der Waals surface area contributed by atoms with Crippen LogP contribution in [-0.2, 0) is 23.9 Å². The molecule has 22 heavy (non-hydrogen) atoms. The van der Waals surface area contributed by atoms with Crippen LogP contribution in [-0.4, -0.2) is 47.5 Å². The molecule has 2 unspecified atom stereocenters. The van der Waals surface area contributed by atoms with E-state index in [1.807, 2.05) is 0 Å². The SMILES string of the molecule is C=CC(=O)OC(C)CC(O)(CN=C=O)CC(C)OC(=O)C=C. The highest BCUT2D eigenvalue weighted by molar-refractivity contribution is 5.81. The molecule has 1 N–H and O–H groups in total. The maximum absolute atomic E-state index is 11.1. The van der Waals surface area contributed by atoms with E-state index in [2.05, 4.69) is 18.2 Å². The van der Waals surface area contributed by atoms with Crippen LogP contribution in [0.4, 0.5) is 0 Å². The number of carbonyl (C=O) groups excluding carboxylic acids is 3. The average molecular weight is 311 g/mol. The van der Waals surface area contributed by atoms with Gasteiger partial charge in [0.15, 0.2) is 0 Å². The number of isocyanates is 1. The number of ether oxygens (including phenoxy) is 2. The molecule has 7 nitrogen and oxygen atoms in total. The van der Waals surface area contributed by atoms with Gasteiger partial charge in [0.25, 0.3) is 0 Å². The predicted octanol–water partition coefficient (Wildman–Crippen LogP) is 1.07. The van der Waals surface area contributed by atoms with E-state index in [4.69, 9.17) is 9.47 Å². The van der Waals surface area contributed by atoms with E-state index >= 15 is 0 Å². The lowest BCUT2D eigenvalue weighted by atomic mass is 9.90. The third kappa shape index (κ3) is 8.14. The number of rotatable bonds is 10. The fourth-order valence-corrected chi connectivity index (χ4v) is 2.04. The molecule has 0 saturated heterocycles. The minimum Gasteiger partial charge on any atom is -0.459 e. The van der Waals surface area contributed by atoms with Gasteiger partial charge in [0.2, 0.25) is 6.08 Å². The molecular weight excluding hydrogens is 290 g/mol. The molecule has 0 aromatic carbocycles. The summed E-state index contributed by atoms with van der Waals surface area (Å²) in [7, 11) is 0. The molecule has 7 heteroatoms. The molecule has 0 aromatic heterocycles. The van der Waals surface area contributed by atoms with Gasteiger partial charge in [0.1, 0.15) is 12.2 Å². The predicted molar refractivity (Wildman–Crippen MR) is 78.7 cm³/mol. The first-order valence-corrected chi connectivity index (χ1v) is 6.68. The zero-order valence-corrected chi connectivity index (χ0v) is 12.8. The molecule has 0 aliphatic heterocycles. The van der Waals surface area contributed by atoms with Crippen molar-refractivity contribution >= 4 is 18.0 Å². The Hall–Kier alpha value is -2.24. The molecule has 0 spiro atoms. The van der Waals surface area contributed by atoms with Crippen LogP contribution in [0, 0.1) is 0 Å². The van der Waals surface area contributed by atoms with Crippen LogP contribution < -0.4 is 0 Å². The standard InChI is InChI=1S/C15H21NO6/c1-5-13(18)21-11(3)7-15(20,9-16-10-17)8-12(4)22-14(19)6-2/h5-6,11-12,20H,1-2,7-9H2,3-4H3. The quantitative estimate of drug-likeness (QED) is 0.280. The summed E-state index contributed by atoms with van der Waals surface area (Å²) in [6.07, 6.45) is 2.09. The molecule has 0 amide bonds. The van der Waals surface area contributed by atoms with Gasteiger partial charge in [0.05, 0.1) is 12.1 Å². The van der Waals surface area contributed by atoms with Crippen molar-refractivity contribution in [3.05, 3.63) is 25.3 Å². The van der Waals surface area contributed by atoms with Crippen molar-refractivity contribution in [3.8, 4) is 0 Å². The molecule has 0 fully saturated rings. The Morgan fingerprint density at radius 1 is 1.18 bits per heavy atom. The molecule has 0 heterocycles. The van der Waals surface area contributed by atoms with E-state index in [-0.39, 0.29) is 19.4 Å². The number of hydrogen-bond acceptors (Lipinski definition) is 7. The molecule has 0 bridgehead atoms. The fourth-order valence-electron chi connectivity index (χ4n) is 2.04. The van der Waals surface area contributed by atoms with Gasteiger partial charge in [-0.05, 0) is 13.8 Å². The summed E-state index contributed by atoms with van der Waals surface area (Å²) in [6.45, 7) is 9.47. The molecule has 0 aliphatic carbocycles. The number of nitrogens with zero attached hydrogens (tertiary/aromatic N) is 1. The number of aliphatic hydroxyl groups is 1. The van der Waals surface area contributed by atoms with E-state index in [1.54, 1.807) is 13.8 Å². The smallest absolute Gasteiger partial charge is 0.330 e. The van der Waals surface area contributed by atoms with E-state index in [0.29, 0.717) is 0 Å². The summed E-state index contributed by atoms with van der Waals surface area (Å²) in [6, 6.07) is 0. The van der Waals surface area contributed by atoms with Crippen molar-refractivity contribution in [3.63, 3.8) is 0 Å². The van der Waals surface area contributed by atoms with Gasteiger partial charge in [-0.1, -0.05) is 13.2 Å². The topological polar surface area (TPSA) is 102 Å². The van der Waals surface area contributed by atoms with Gasteiger partial charge in [0, 0.05) is 25.0 Å². The molecule has 2 atom stereocenters. The van der Waals surface area contributed by atoms with Gasteiger partial charge in [-0.15, -0.1) is 0 Å². The normalized spacial score (nSPS) is 15.4. The van der Waals surface area contributed by atoms with E-state index in [0.717, 1.165) is 12.2 Å². The van der Waals surface area contributed by atoms with Crippen LogP contribution in [0.5, 0.6) is 0 Å². The summed E-state index contributed by atoms with van der Waals surface area (Å²) in [4.78, 5) is 35.9. The first-order valence-electron chi connectivity index (χ1n) is 6.68. The lowest BCUT2D eigenvalue weighted by Gasteiger charge is -2.30. The number of hydrogen-bond donors (Lipinski definition) is 1. The number of aliphatic imine (C=N–C) groups is 1. The van der Waals surface area contributed by atoms with Crippen LogP contribution in [0.2, 0.25) is 0 Å². The first-order chi connectivity index (χ1) is 10.3. The monoisotopic (exact) mass is 311 g/mol. The molecule has 0 rings (SSSR count).